The molecule has 0 spiro atoms. The smallest absolute Gasteiger partial charge is 0.253 e. The van der Waals surface area contributed by atoms with E-state index in [1.807, 2.05) is 6.07 Å². The van der Waals surface area contributed by atoms with E-state index in [9.17, 15) is 4.79 Å². The lowest BCUT2D eigenvalue weighted by Gasteiger charge is -2.24. The molecule has 1 amide bonds. The fourth-order valence-electron chi connectivity index (χ4n) is 2.97. The van der Waals surface area contributed by atoms with Gasteiger partial charge in [-0.25, -0.2) is 0 Å². The van der Waals surface area contributed by atoms with Crippen molar-refractivity contribution >= 4 is 5.91 Å². The van der Waals surface area contributed by atoms with Crippen molar-refractivity contribution < 1.29 is 4.79 Å². The zero-order chi connectivity index (χ0) is 15.4. The largest absolute Gasteiger partial charge is 0.348 e. The van der Waals surface area contributed by atoms with E-state index in [0.717, 1.165) is 19.5 Å². The van der Waals surface area contributed by atoms with Crippen LogP contribution < -0.4 is 5.32 Å². The van der Waals surface area contributed by atoms with Crippen LogP contribution in [-0.4, -0.2) is 34.9 Å². The predicted octanol–water partition coefficient (Wildman–Crippen LogP) is 2.65. The van der Waals surface area contributed by atoms with Crippen LogP contribution in [0.5, 0.6) is 0 Å². The summed E-state index contributed by atoms with van der Waals surface area (Å²) < 4.78 is 0. The third-order valence-electron chi connectivity index (χ3n) is 4.31. The van der Waals surface area contributed by atoms with Gasteiger partial charge in [0.25, 0.3) is 5.91 Å². The summed E-state index contributed by atoms with van der Waals surface area (Å²) in [5.74, 6) is -0.0349. The van der Waals surface area contributed by atoms with Crippen LogP contribution in [0.25, 0.3) is 0 Å². The van der Waals surface area contributed by atoms with Gasteiger partial charge in [-0.05, 0) is 31.0 Å². The summed E-state index contributed by atoms with van der Waals surface area (Å²) in [5.41, 5.74) is 1.94. The first-order valence-corrected chi connectivity index (χ1v) is 7.74. The van der Waals surface area contributed by atoms with Crippen molar-refractivity contribution in [1.82, 2.24) is 15.2 Å². The maximum absolute atomic E-state index is 12.2. The van der Waals surface area contributed by atoms with Crippen molar-refractivity contribution in [3.05, 3.63) is 66.0 Å². The van der Waals surface area contributed by atoms with Gasteiger partial charge in [-0.3, -0.25) is 14.7 Å². The van der Waals surface area contributed by atoms with Crippen LogP contribution >= 0.6 is 0 Å². The molecule has 1 aliphatic rings. The summed E-state index contributed by atoms with van der Waals surface area (Å²) >= 11 is 0. The number of carbonyl (C=O) groups excluding carboxylic acids is 1. The quantitative estimate of drug-likeness (QED) is 0.943. The fraction of sp³-hybridized carbons (Fsp3) is 0.333. The van der Waals surface area contributed by atoms with Crippen molar-refractivity contribution in [2.45, 2.75) is 25.4 Å². The number of pyridine rings is 1. The van der Waals surface area contributed by atoms with Gasteiger partial charge in [0.2, 0.25) is 0 Å². The lowest BCUT2D eigenvalue weighted by atomic mass is 10.1. The Hall–Kier alpha value is -2.20. The Morgan fingerprint density at radius 2 is 2.09 bits per heavy atom. The van der Waals surface area contributed by atoms with Gasteiger partial charge in [-0.15, -0.1) is 0 Å². The SMILES string of the molecule is CC(c1ccccc1)N1CCC(NC(=O)c2cccnc2)C1. The molecule has 3 rings (SSSR count). The molecule has 1 saturated heterocycles. The number of rotatable bonds is 4. The molecule has 1 aliphatic heterocycles. The van der Waals surface area contributed by atoms with Gasteiger partial charge in [0, 0.05) is 37.6 Å². The number of carbonyl (C=O) groups is 1. The Morgan fingerprint density at radius 1 is 1.27 bits per heavy atom. The van der Waals surface area contributed by atoms with Crippen LogP contribution in [0.15, 0.2) is 54.9 Å². The van der Waals surface area contributed by atoms with Crippen LogP contribution in [0.3, 0.4) is 0 Å². The number of hydrogen-bond donors (Lipinski definition) is 1. The third kappa shape index (κ3) is 3.34. The summed E-state index contributed by atoms with van der Waals surface area (Å²) in [6.45, 7) is 4.12. The van der Waals surface area contributed by atoms with Crippen LogP contribution in [0.4, 0.5) is 0 Å². The number of amides is 1. The number of benzene rings is 1. The zero-order valence-electron chi connectivity index (χ0n) is 12.8. The Morgan fingerprint density at radius 3 is 2.82 bits per heavy atom. The van der Waals surface area contributed by atoms with Gasteiger partial charge in [0.1, 0.15) is 0 Å². The van der Waals surface area contributed by atoms with Crippen LogP contribution in [-0.2, 0) is 0 Å². The summed E-state index contributed by atoms with van der Waals surface area (Å²) in [7, 11) is 0. The molecule has 2 unspecified atom stereocenters. The zero-order valence-corrected chi connectivity index (χ0v) is 12.8. The van der Waals surface area contributed by atoms with E-state index in [4.69, 9.17) is 0 Å². The standard InChI is InChI=1S/C18H21N3O/c1-14(15-6-3-2-4-7-15)21-11-9-17(13-21)20-18(22)16-8-5-10-19-12-16/h2-8,10,12,14,17H,9,11,13H2,1H3,(H,20,22). The van der Waals surface area contributed by atoms with Crippen molar-refractivity contribution in [1.29, 1.82) is 0 Å². The molecule has 1 aromatic heterocycles. The van der Waals surface area contributed by atoms with E-state index in [-0.39, 0.29) is 11.9 Å². The molecule has 0 bridgehead atoms. The minimum atomic E-state index is -0.0349. The molecule has 4 nitrogen and oxygen atoms in total. The number of likely N-dealkylation sites (tertiary alicyclic amines) is 1. The molecule has 1 N–H and O–H groups in total. The molecule has 2 atom stereocenters. The molecule has 0 radical (unpaired) electrons. The first-order valence-electron chi connectivity index (χ1n) is 7.74. The first-order chi connectivity index (χ1) is 10.7. The average molecular weight is 295 g/mol. The molecular formula is C18H21N3O. The Balaban J connectivity index is 1.57. The van der Waals surface area contributed by atoms with Crippen LogP contribution in [0, 0.1) is 0 Å². The van der Waals surface area contributed by atoms with Crippen LogP contribution in [0.2, 0.25) is 0 Å². The fourth-order valence-corrected chi connectivity index (χ4v) is 2.97. The van der Waals surface area contributed by atoms with Crippen molar-refractivity contribution in [3.63, 3.8) is 0 Å². The Kier molecular flexibility index (Phi) is 4.49. The van der Waals surface area contributed by atoms with Gasteiger partial charge in [0.05, 0.1) is 5.56 Å². The second kappa shape index (κ2) is 6.71. The van der Waals surface area contributed by atoms with Gasteiger partial charge in [-0.1, -0.05) is 30.3 Å². The molecule has 0 aliphatic carbocycles. The molecule has 114 valence electrons. The number of nitrogens with zero attached hydrogens (tertiary/aromatic N) is 2. The summed E-state index contributed by atoms with van der Waals surface area (Å²) in [5, 5.41) is 3.11. The highest BCUT2D eigenvalue weighted by molar-refractivity contribution is 5.94. The van der Waals surface area contributed by atoms with E-state index in [1.54, 1.807) is 24.5 Å². The highest BCUT2D eigenvalue weighted by atomic mass is 16.1. The van der Waals surface area contributed by atoms with E-state index < -0.39 is 0 Å². The lowest BCUT2D eigenvalue weighted by Crippen LogP contribution is -2.37. The van der Waals surface area contributed by atoms with Crippen molar-refractivity contribution in [2.75, 3.05) is 13.1 Å². The topological polar surface area (TPSA) is 45.2 Å². The molecule has 1 fully saturated rings. The monoisotopic (exact) mass is 295 g/mol. The predicted molar refractivity (Wildman–Crippen MR) is 86.5 cm³/mol. The normalized spacial score (nSPS) is 19.8. The molecule has 4 heteroatoms. The average Bonchev–Trinajstić information content (AvgIpc) is 3.04. The Labute approximate surface area is 131 Å². The third-order valence-corrected chi connectivity index (χ3v) is 4.31. The minimum Gasteiger partial charge on any atom is -0.348 e. The molecule has 2 aromatic rings. The second-order valence-corrected chi connectivity index (χ2v) is 5.78. The molecule has 22 heavy (non-hydrogen) atoms. The summed E-state index contributed by atoms with van der Waals surface area (Å²) in [4.78, 5) is 18.6. The van der Waals surface area contributed by atoms with Crippen LogP contribution in [0.1, 0.15) is 35.3 Å². The number of aromatic nitrogens is 1. The van der Waals surface area contributed by atoms with Crippen molar-refractivity contribution in [3.8, 4) is 0 Å². The summed E-state index contributed by atoms with van der Waals surface area (Å²) in [6.07, 6.45) is 4.27. The van der Waals surface area contributed by atoms with Gasteiger partial charge in [0.15, 0.2) is 0 Å². The molecular weight excluding hydrogens is 274 g/mol. The van der Waals surface area contributed by atoms with Gasteiger partial charge < -0.3 is 5.32 Å². The minimum absolute atomic E-state index is 0.0349. The lowest BCUT2D eigenvalue weighted by molar-refractivity contribution is 0.0936. The highest BCUT2D eigenvalue weighted by Gasteiger charge is 2.27. The maximum atomic E-state index is 12.2. The van der Waals surface area contributed by atoms with E-state index in [0.29, 0.717) is 11.6 Å². The van der Waals surface area contributed by atoms with E-state index >= 15 is 0 Å². The van der Waals surface area contributed by atoms with Gasteiger partial charge >= 0.3 is 0 Å². The summed E-state index contributed by atoms with van der Waals surface area (Å²) in [6, 6.07) is 14.7. The first kappa shape index (κ1) is 14.7. The molecule has 0 saturated carbocycles. The number of hydrogen-bond acceptors (Lipinski definition) is 3. The van der Waals surface area contributed by atoms with Crippen molar-refractivity contribution in [2.24, 2.45) is 0 Å². The second-order valence-electron chi connectivity index (χ2n) is 5.78. The van der Waals surface area contributed by atoms with Gasteiger partial charge in [-0.2, -0.15) is 0 Å². The van der Waals surface area contributed by atoms with E-state index in [2.05, 4.69) is 46.4 Å². The highest BCUT2D eigenvalue weighted by Crippen LogP contribution is 2.24. The Bertz CT molecular complexity index is 615. The molecule has 1 aromatic carbocycles. The number of nitrogens with one attached hydrogen (secondary N) is 1. The molecule has 2 heterocycles. The van der Waals surface area contributed by atoms with E-state index in [1.165, 1.54) is 5.56 Å². The maximum Gasteiger partial charge on any atom is 0.253 e.